The highest BCUT2D eigenvalue weighted by atomic mass is 35.5. The summed E-state index contributed by atoms with van der Waals surface area (Å²) in [4.78, 5) is 0. The maximum Gasteiger partial charge on any atom is 0.0786 e. The van der Waals surface area contributed by atoms with Gasteiger partial charge < -0.3 is 4.48 Å². The number of rotatable bonds is 15. The maximum atomic E-state index is 6.02. The summed E-state index contributed by atoms with van der Waals surface area (Å²) in [5, 5.41) is 0.845. The minimum atomic E-state index is 0.623. The van der Waals surface area contributed by atoms with Crippen LogP contribution in [-0.2, 0) is 0 Å². The van der Waals surface area contributed by atoms with Gasteiger partial charge in [0.15, 0.2) is 0 Å². The average molecular weight is 357 g/mol. The molecule has 0 rings (SSSR count). The first kappa shape index (κ1) is 23.7. The maximum absolute atomic E-state index is 6.02. The van der Waals surface area contributed by atoms with Crippen LogP contribution < -0.4 is 0 Å². The number of hydrogen-bond acceptors (Lipinski definition) is 0. The number of nitrogens with zero attached hydrogens (tertiary/aromatic N) is 1. The Morgan fingerprint density at radius 3 is 2.04 bits per heavy atom. The molecule has 0 aromatic rings. The van der Waals surface area contributed by atoms with Gasteiger partial charge in [0.1, 0.15) is 0 Å². The van der Waals surface area contributed by atoms with Crippen molar-refractivity contribution < 1.29 is 4.48 Å². The first-order valence-electron chi connectivity index (χ1n) is 10.4. The van der Waals surface area contributed by atoms with Crippen LogP contribution in [0.15, 0.2) is 23.3 Å². The second kappa shape index (κ2) is 15.0. The van der Waals surface area contributed by atoms with Gasteiger partial charge in [0.05, 0.1) is 26.2 Å². The van der Waals surface area contributed by atoms with Crippen molar-refractivity contribution >= 4 is 11.6 Å². The average Bonchev–Trinajstić information content (AvgIpc) is 2.61. The van der Waals surface area contributed by atoms with Crippen LogP contribution in [0.2, 0.25) is 0 Å². The Morgan fingerprint density at radius 1 is 0.917 bits per heavy atom. The van der Waals surface area contributed by atoms with Crippen LogP contribution in [0, 0.1) is 5.92 Å². The van der Waals surface area contributed by atoms with E-state index in [4.69, 9.17) is 11.6 Å². The summed E-state index contributed by atoms with van der Waals surface area (Å²) in [6.07, 6.45) is 17.2. The monoisotopic (exact) mass is 356 g/mol. The van der Waals surface area contributed by atoms with Crippen molar-refractivity contribution in [1.82, 2.24) is 0 Å². The lowest BCUT2D eigenvalue weighted by Crippen LogP contribution is -2.49. The van der Waals surface area contributed by atoms with E-state index in [-0.39, 0.29) is 0 Å². The molecule has 142 valence electrons. The summed E-state index contributed by atoms with van der Waals surface area (Å²) in [6.45, 7) is 16.6. The lowest BCUT2D eigenvalue weighted by Gasteiger charge is -2.37. The molecule has 1 unspecified atom stereocenters. The molecule has 0 radical (unpaired) electrons. The van der Waals surface area contributed by atoms with E-state index in [1.54, 1.807) is 0 Å². The predicted octanol–water partition coefficient (Wildman–Crippen LogP) is 7.32. The molecule has 0 amide bonds. The second-order valence-electron chi connectivity index (χ2n) is 7.34. The molecule has 0 aromatic carbocycles. The Kier molecular flexibility index (Phi) is 14.9. The Labute approximate surface area is 157 Å². The molecular formula is C22H43ClN+. The highest BCUT2D eigenvalue weighted by Crippen LogP contribution is 2.17. The van der Waals surface area contributed by atoms with E-state index < -0.39 is 0 Å². The van der Waals surface area contributed by atoms with Crippen molar-refractivity contribution in [3.8, 4) is 0 Å². The lowest BCUT2D eigenvalue weighted by atomic mass is 10.0. The molecule has 0 aromatic heterocycles. The van der Waals surface area contributed by atoms with Gasteiger partial charge in [-0.15, -0.1) is 0 Å². The van der Waals surface area contributed by atoms with Crippen LogP contribution in [0.1, 0.15) is 86.0 Å². The topological polar surface area (TPSA) is 0 Å². The molecule has 1 nitrogen and oxygen atoms in total. The largest absolute Gasteiger partial charge is 0.324 e. The van der Waals surface area contributed by atoms with Crippen molar-refractivity contribution in [3.63, 3.8) is 0 Å². The van der Waals surface area contributed by atoms with E-state index in [1.165, 1.54) is 82.0 Å². The fraction of sp³-hybridized carbons (Fsp3) is 0.818. The van der Waals surface area contributed by atoms with E-state index in [2.05, 4.69) is 33.8 Å². The predicted molar refractivity (Wildman–Crippen MR) is 112 cm³/mol. The van der Waals surface area contributed by atoms with E-state index >= 15 is 0 Å². The van der Waals surface area contributed by atoms with Gasteiger partial charge >= 0.3 is 0 Å². The fourth-order valence-electron chi connectivity index (χ4n) is 3.38. The van der Waals surface area contributed by atoms with E-state index in [0.717, 1.165) is 5.03 Å². The van der Waals surface area contributed by atoms with Gasteiger partial charge in [-0.1, -0.05) is 56.9 Å². The number of allylic oxidation sites excluding steroid dienone is 4. The molecule has 0 bridgehead atoms. The molecule has 0 N–H and O–H groups in total. The molecule has 0 spiro atoms. The normalized spacial score (nSPS) is 14.5. The van der Waals surface area contributed by atoms with Crippen LogP contribution in [0.5, 0.6) is 0 Å². The summed E-state index contributed by atoms with van der Waals surface area (Å²) < 4.78 is 1.32. The van der Waals surface area contributed by atoms with Crippen LogP contribution in [0.25, 0.3) is 0 Å². The third kappa shape index (κ3) is 11.3. The number of quaternary nitrogens is 1. The molecule has 0 aliphatic rings. The Hall–Kier alpha value is -0.270. The van der Waals surface area contributed by atoms with Crippen LogP contribution >= 0.6 is 11.6 Å². The SMILES string of the molecule is C/C=C(Cl)\C=C/C(C)CCCC[N+](CC)(CC)CCCCCCC. The van der Waals surface area contributed by atoms with Gasteiger partial charge in [-0.25, -0.2) is 0 Å². The minimum Gasteiger partial charge on any atom is -0.324 e. The Bertz CT molecular complexity index is 342. The third-order valence-electron chi connectivity index (χ3n) is 5.48. The zero-order valence-corrected chi connectivity index (χ0v) is 17.9. The van der Waals surface area contributed by atoms with Crippen LogP contribution in [0.4, 0.5) is 0 Å². The molecule has 0 saturated carbocycles. The van der Waals surface area contributed by atoms with Gasteiger partial charge in [0.2, 0.25) is 0 Å². The van der Waals surface area contributed by atoms with Gasteiger partial charge in [-0.05, 0) is 64.9 Å². The van der Waals surface area contributed by atoms with Crippen molar-refractivity contribution in [2.75, 3.05) is 26.2 Å². The van der Waals surface area contributed by atoms with Crippen molar-refractivity contribution in [1.29, 1.82) is 0 Å². The van der Waals surface area contributed by atoms with E-state index in [1.807, 2.05) is 19.1 Å². The Morgan fingerprint density at radius 2 is 1.50 bits per heavy atom. The van der Waals surface area contributed by atoms with Crippen molar-refractivity contribution in [3.05, 3.63) is 23.3 Å². The highest BCUT2D eigenvalue weighted by molar-refractivity contribution is 6.31. The number of unbranched alkanes of at least 4 members (excludes halogenated alkanes) is 5. The smallest absolute Gasteiger partial charge is 0.0786 e. The summed E-state index contributed by atoms with van der Waals surface area (Å²) in [7, 11) is 0. The number of hydrogen-bond donors (Lipinski definition) is 0. The molecular weight excluding hydrogens is 314 g/mol. The first-order chi connectivity index (χ1) is 11.5. The summed E-state index contributed by atoms with van der Waals surface area (Å²) in [5.74, 6) is 0.623. The number of halogens is 1. The molecule has 24 heavy (non-hydrogen) atoms. The standard InChI is InChI=1S/C22H43ClN/c1-6-10-11-12-14-19-24(8-3,9-4)20-15-13-16-21(5)17-18-22(23)7-2/h7,17-18,21H,6,8-16,19-20H2,1-5H3/q+1/b18-17-,22-7+. The van der Waals surface area contributed by atoms with Gasteiger partial charge in [-0.3, -0.25) is 0 Å². The first-order valence-corrected chi connectivity index (χ1v) is 10.8. The van der Waals surface area contributed by atoms with Gasteiger partial charge in [0, 0.05) is 5.03 Å². The van der Waals surface area contributed by atoms with Gasteiger partial charge in [-0.2, -0.15) is 0 Å². The third-order valence-corrected chi connectivity index (χ3v) is 5.82. The second-order valence-corrected chi connectivity index (χ2v) is 7.78. The molecule has 1 atom stereocenters. The molecule has 0 fully saturated rings. The molecule has 2 heteroatoms. The molecule has 0 aliphatic carbocycles. The van der Waals surface area contributed by atoms with Gasteiger partial charge in [0.25, 0.3) is 0 Å². The quantitative estimate of drug-likeness (QED) is 0.164. The summed E-state index contributed by atoms with van der Waals surface area (Å²) >= 11 is 6.02. The lowest BCUT2D eigenvalue weighted by molar-refractivity contribution is -0.925. The Balaban J connectivity index is 4.09. The van der Waals surface area contributed by atoms with E-state index in [0.29, 0.717) is 5.92 Å². The summed E-state index contributed by atoms with van der Waals surface area (Å²) in [6, 6.07) is 0. The molecule has 0 aliphatic heterocycles. The van der Waals surface area contributed by atoms with E-state index in [9.17, 15) is 0 Å². The zero-order valence-electron chi connectivity index (χ0n) is 17.1. The van der Waals surface area contributed by atoms with Crippen molar-refractivity contribution in [2.24, 2.45) is 5.92 Å². The van der Waals surface area contributed by atoms with Crippen LogP contribution in [-0.4, -0.2) is 30.7 Å². The molecule has 0 saturated heterocycles. The molecule has 0 heterocycles. The zero-order chi connectivity index (χ0) is 18.3. The highest BCUT2D eigenvalue weighted by Gasteiger charge is 2.21. The van der Waals surface area contributed by atoms with Crippen molar-refractivity contribution in [2.45, 2.75) is 86.0 Å². The van der Waals surface area contributed by atoms with Crippen LogP contribution in [0.3, 0.4) is 0 Å². The summed E-state index contributed by atoms with van der Waals surface area (Å²) in [5.41, 5.74) is 0. The fourth-order valence-corrected chi connectivity index (χ4v) is 3.45. The minimum absolute atomic E-state index is 0.623.